The second-order valence-electron chi connectivity index (χ2n) is 7.79. The Kier molecular flexibility index (Phi) is 4.40. The maximum absolute atomic E-state index is 12.6. The highest BCUT2D eigenvalue weighted by molar-refractivity contribution is 5.86. The number of nitrogens with one attached hydrogen (secondary N) is 3. The third-order valence-corrected chi connectivity index (χ3v) is 5.97. The van der Waals surface area contributed by atoms with Crippen molar-refractivity contribution in [2.24, 2.45) is 0 Å². The zero-order valence-electron chi connectivity index (χ0n) is 15.9. The summed E-state index contributed by atoms with van der Waals surface area (Å²) in [7, 11) is 0. The summed E-state index contributed by atoms with van der Waals surface area (Å²) < 4.78 is 0. The minimum Gasteiger partial charge on any atom is -0.361 e. The molecule has 2 heterocycles. The van der Waals surface area contributed by atoms with E-state index in [1.165, 1.54) is 33.1 Å². The summed E-state index contributed by atoms with van der Waals surface area (Å²) in [6, 6.07) is 16.9. The molecule has 0 bridgehead atoms. The van der Waals surface area contributed by atoms with Crippen LogP contribution in [-0.2, 0) is 17.6 Å². The molecule has 1 aliphatic rings. The highest BCUT2D eigenvalue weighted by atomic mass is 16.1. The molecule has 0 saturated carbocycles. The maximum atomic E-state index is 12.6. The molecular formula is C24H25N3O. The number of rotatable bonds is 5. The Morgan fingerprint density at radius 1 is 1.04 bits per heavy atom. The Morgan fingerprint density at radius 3 is 2.71 bits per heavy atom. The zero-order valence-corrected chi connectivity index (χ0v) is 15.9. The first-order valence-corrected chi connectivity index (χ1v) is 10.2. The predicted octanol–water partition coefficient (Wildman–Crippen LogP) is 5.17. The molecule has 0 aliphatic heterocycles. The van der Waals surface area contributed by atoms with Gasteiger partial charge in [-0.25, -0.2) is 0 Å². The first kappa shape index (κ1) is 17.1. The number of H-pyrrole nitrogens is 2. The highest BCUT2D eigenvalue weighted by Gasteiger charge is 2.25. The van der Waals surface area contributed by atoms with Crippen molar-refractivity contribution in [1.82, 2.24) is 15.3 Å². The molecule has 4 aromatic rings. The van der Waals surface area contributed by atoms with Crippen molar-refractivity contribution in [3.8, 4) is 0 Å². The van der Waals surface area contributed by atoms with Crippen LogP contribution in [0.4, 0.5) is 0 Å². The fourth-order valence-corrected chi connectivity index (χ4v) is 4.60. The second kappa shape index (κ2) is 7.19. The molecule has 0 unspecified atom stereocenters. The van der Waals surface area contributed by atoms with Gasteiger partial charge >= 0.3 is 0 Å². The normalized spacial score (nSPS) is 16.4. The van der Waals surface area contributed by atoms with Gasteiger partial charge in [0.2, 0.25) is 5.91 Å². The standard InChI is InChI=1S/C24H25N3O/c28-23(14-5-7-16-15-25-20-11-3-1-8-17(16)20)26-22-13-6-10-19-18-9-2-4-12-21(18)27-24(19)22/h1-4,8-9,11-12,15,22,25,27H,5-7,10,13-14H2,(H,26,28)/t22-/m1/s1. The molecule has 4 nitrogen and oxygen atoms in total. The number of aryl methyl sites for hydroxylation is 2. The summed E-state index contributed by atoms with van der Waals surface area (Å²) in [5.74, 6) is 0.149. The van der Waals surface area contributed by atoms with Crippen LogP contribution >= 0.6 is 0 Å². The molecule has 3 N–H and O–H groups in total. The topological polar surface area (TPSA) is 60.7 Å². The van der Waals surface area contributed by atoms with Gasteiger partial charge in [0.25, 0.3) is 0 Å². The smallest absolute Gasteiger partial charge is 0.220 e. The Bertz CT molecular complexity index is 1140. The van der Waals surface area contributed by atoms with Gasteiger partial charge in [-0.1, -0.05) is 36.4 Å². The van der Waals surface area contributed by atoms with Gasteiger partial charge in [0, 0.05) is 40.1 Å². The third kappa shape index (κ3) is 3.09. The van der Waals surface area contributed by atoms with Crippen molar-refractivity contribution in [2.75, 3.05) is 0 Å². The van der Waals surface area contributed by atoms with E-state index in [2.05, 4.69) is 63.9 Å². The molecule has 1 aliphatic carbocycles. The predicted molar refractivity (Wildman–Crippen MR) is 113 cm³/mol. The van der Waals surface area contributed by atoms with Crippen molar-refractivity contribution in [3.63, 3.8) is 0 Å². The van der Waals surface area contributed by atoms with Crippen molar-refractivity contribution >= 4 is 27.7 Å². The average molecular weight is 371 g/mol. The average Bonchev–Trinajstić information content (AvgIpc) is 3.30. The Labute approximate surface area is 164 Å². The van der Waals surface area contributed by atoms with Gasteiger partial charge in [0.05, 0.1) is 6.04 Å². The van der Waals surface area contributed by atoms with E-state index >= 15 is 0 Å². The van der Waals surface area contributed by atoms with Crippen LogP contribution in [0.25, 0.3) is 21.8 Å². The molecule has 1 atom stereocenters. The summed E-state index contributed by atoms with van der Waals surface area (Å²) in [4.78, 5) is 19.5. The quantitative estimate of drug-likeness (QED) is 0.445. The molecule has 2 aromatic carbocycles. The fourth-order valence-electron chi connectivity index (χ4n) is 4.60. The van der Waals surface area contributed by atoms with Gasteiger partial charge in [-0.2, -0.15) is 0 Å². The molecule has 2 aromatic heterocycles. The van der Waals surface area contributed by atoms with E-state index in [-0.39, 0.29) is 11.9 Å². The lowest BCUT2D eigenvalue weighted by Gasteiger charge is -2.24. The van der Waals surface area contributed by atoms with Crippen LogP contribution in [0.3, 0.4) is 0 Å². The van der Waals surface area contributed by atoms with Crippen LogP contribution in [0.15, 0.2) is 54.7 Å². The number of hydrogen-bond acceptors (Lipinski definition) is 1. The number of carbonyl (C=O) groups excluding carboxylic acids is 1. The van der Waals surface area contributed by atoms with Gasteiger partial charge in [0.1, 0.15) is 0 Å². The first-order valence-electron chi connectivity index (χ1n) is 10.2. The van der Waals surface area contributed by atoms with E-state index in [1.807, 2.05) is 6.07 Å². The lowest BCUT2D eigenvalue weighted by Crippen LogP contribution is -2.30. The molecular weight excluding hydrogens is 346 g/mol. The van der Waals surface area contributed by atoms with Gasteiger partial charge < -0.3 is 15.3 Å². The third-order valence-electron chi connectivity index (χ3n) is 5.97. The summed E-state index contributed by atoms with van der Waals surface area (Å²) in [5.41, 5.74) is 6.21. The Balaban J connectivity index is 1.23. The van der Waals surface area contributed by atoms with Crippen molar-refractivity contribution in [2.45, 2.75) is 44.6 Å². The molecule has 142 valence electrons. The summed E-state index contributed by atoms with van der Waals surface area (Å²) in [6.45, 7) is 0. The first-order chi connectivity index (χ1) is 13.8. The lowest BCUT2D eigenvalue weighted by molar-refractivity contribution is -0.122. The monoisotopic (exact) mass is 371 g/mol. The van der Waals surface area contributed by atoms with Crippen LogP contribution in [-0.4, -0.2) is 15.9 Å². The summed E-state index contributed by atoms with van der Waals surface area (Å²) in [6.07, 6.45) is 7.63. The largest absolute Gasteiger partial charge is 0.361 e. The van der Waals surface area contributed by atoms with Crippen LogP contribution in [0, 0.1) is 0 Å². The van der Waals surface area contributed by atoms with E-state index in [0.717, 1.165) is 37.6 Å². The number of fused-ring (bicyclic) bond motifs is 4. The fraction of sp³-hybridized carbons (Fsp3) is 0.292. The highest BCUT2D eigenvalue weighted by Crippen LogP contribution is 2.34. The molecule has 0 spiro atoms. The number of hydrogen-bond donors (Lipinski definition) is 3. The SMILES string of the molecule is O=C(CCCc1c[nH]c2ccccc12)N[C@@H]1CCCc2c1[nH]c1ccccc21. The second-order valence-corrected chi connectivity index (χ2v) is 7.79. The Morgan fingerprint density at radius 2 is 1.82 bits per heavy atom. The molecule has 0 fully saturated rings. The number of aromatic amines is 2. The lowest BCUT2D eigenvalue weighted by atomic mass is 9.91. The van der Waals surface area contributed by atoms with Crippen LogP contribution < -0.4 is 5.32 Å². The van der Waals surface area contributed by atoms with E-state index in [4.69, 9.17) is 0 Å². The summed E-state index contributed by atoms with van der Waals surface area (Å²) in [5, 5.41) is 5.84. The van der Waals surface area contributed by atoms with Crippen molar-refractivity contribution in [1.29, 1.82) is 0 Å². The maximum Gasteiger partial charge on any atom is 0.220 e. The van der Waals surface area contributed by atoms with Gasteiger partial charge in [-0.3, -0.25) is 4.79 Å². The van der Waals surface area contributed by atoms with E-state index in [0.29, 0.717) is 6.42 Å². The van der Waals surface area contributed by atoms with Crippen molar-refractivity contribution in [3.05, 3.63) is 71.5 Å². The van der Waals surface area contributed by atoms with Crippen LogP contribution in [0.1, 0.15) is 48.5 Å². The van der Waals surface area contributed by atoms with Gasteiger partial charge in [-0.05, 0) is 55.4 Å². The van der Waals surface area contributed by atoms with Crippen LogP contribution in [0.2, 0.25) is 0 Å². The van der Waals surface area contributed by atoms with Gasteiger partial charge in [-0.15, -0.1) is 0 Å². The number of amides is 1. The number of aromatic nitrogens is 2. The summed E-state index contributed by atoms with van der Waals surface area (Å²) >= 11 is 0. The molecule has 1 amide bonds. The van der Waals surface area contributed by atoms with Crippen molar-refractivity contribution < 1.29 is 4.79 Å². The molecule has 0 saturated heterocycles. The number of benzene rings is 2. The van der Waals surface area contributed by atoms with Crippen LogP contribution in [0.5, 0.6) is 0 Å². The minimum absolute atomic E-state index is 0.108. The molecule has 5 rings (SSSR count). The zero-order chi connectivity index (χ0) is 18.9. The molecule has 28 heavy (non-hydrogen) atoms. The van der Waals surface area contributed by atoms with E-state index in [9.17, 15) is 4.79 Å². The van der Waals surface area contributed by atoms with E-state index < -0.39 is 0 Å². The number of para-hydroxylation sites is 2. The molecule has 0 radical (unpaired) electrons. The Hall–Kier alpha value is -3.01. The number of carbonyl (C=O) groups is 1. The molecule has 4 heteroatoms. The van der Waals surface area contributed by atoms with E-state index in [1.54, 1.807) is 0 Å². The van der Waals surface area contributed by atoms with Gasteiger partial charge in [0.15, 0.2) is 0 Å². The minimum atomic E-state index is 0.108.